The van der Waals surface area contributed by atoms with E-state index in [1.165, 1.54) is 6.07 Å². The number of fused-ring (bicyclic) bond motifs is 1. The Morgan fingerprint density at radius 3 is 2.91 bits per heavy atom. The van der Waals surface area contributed by atoms with Crippen molar-refractivity contribution in [1.82, 2.24) is 10.2 Å². The van der Waals surface area contributed by atoms with Gasteiger partial charge in [-0.15, -0.1) is 12.4 Å². The van der Waals surface area contributed by atoms with Gasteiger partial charge in [-0.2, -0.15) is 0 Å². The van der Waals surface area contributed by atoms with Crippen molar-refractivity contribution in [3.8, 4) is 0 Å². The van der Waals surface area contributed by atoms with E-state index in [2.05, 4.69) is 10.6 Å². The lowest BCUT2D eigenvalue weighted by Gasteiger charge is -2.33. The van der Waals surface area contributed by atoms with Crippen molar-refractivity contribution in [2.45, 2.75) is 31.7 Å². The molecule has 3 rings (SSSR count). The van der Waals surface area contributed by atoms with Crippen molar-refractivity contribution in [3.63, 3.8) is 0 Å². The van der Waals surface area contributed by atoms with Gasteiger partial charge in [-0.25, -0.2) is 4.39 Å². The number of carbonyl (C=O) groups is 2. The number of piperidine rings is 1. The first-order valence-electron chi connectivity index (χ1n) is 7.67. The minimum absolute atomic E-state index is 0. The second-order valence-electron chi connectivity index (χ2n) is 5.92. The van der Waals surface area contributed by atoms with Gasteiger partial charge in [0.2, 0.25) is 5.91 Å². The van der Waals surface area contributed by atoms with Gasteiger partial charge in [-0.05, 0) is 44.0 Å². The maximum atomic E-state index is 14.3. The minimum Gasteiger partial charge on any atom is -0.337 e. The quantitative estimate of drug-likeness (QED) is 0.864. The summed E-state index contributed by atoms with van der Waals surface area (Å²) >= 11 is 0. The summed E-state index contributed by atoms with van der Waals surface area (Å²) in [7, 11) is 1.88. The average Bonchev–Trinajstić information content (AvgIpc) is 2.53. The number of nitrogens with zero attached hydrogens (tertiary/aromatic N) is 1. The van der Waals surface area contributed by atoms with E-state index in [4.69, 9.17) is 0 Å². The molecule has 126 valence electrons. The van der Waals surface area contributed by atoms with Crippen LogP contribution in [0.25, 0.3) is 0 Å². The largest absolute Gasteiger partial charge is 0.337 e. The predicted molar refractivity (Wildman–Crippen MR) is 88.6 cm³/mol. The molecule has 1 atom stereocenters. The van der Waals surface area contributed by atoms with E-state index >= 15 is 0 Å². The van der Waals surface area contributed by atoms with Gasteiger partial charge >= 0.3 is 0 Å². The molecule has 1 saturated heterocycles. The first kappa shape index (κ1) is 17.7. The molecule has 1 aromatic carbocycles. The Labute approximate surface area is 141 Å². The van der Waals surface area contributed by atoms with Crippen LogP contribution >= 0.6 is 12.4 Å². The SMILES string of the molecule is CNC1CCCN(C(=O)c2cc3c(cc2F)NC(=O)CC3)C1.Cl. The second-order valence-corrected chi connectivity index (χ2v) is 5.92. The van der Waals surface area contributed by atoms with E-state index in [0.29, 0.717) is 31.6 Å². The number of hydrogen-bond acceptors (Lipinski definition) is 3. The van der Waals surface area contributed by atoms with Crippen LogP contribution in [0.2, 0.25) is 0 Å². The fraction of sp³-hybridized carbons (Fsp3) is 0.500. The standard InChI is InChI=1S/C16H20FN3O2.ClH/c1-18-11-3-2-6-20(9-11)16(22)12-7-10-4-5-15(21)19-14(10)8-13(12)17;/h7-8,11,18H,2-6,9H2,1H3,(H,19,21);1H. The third kappa shape index (κ3) is 3.64. The number of nitrogens with one attached hydrogen (secondary N) is 2. The van der Waals surface area contributed by atoms with E-state index < -0.39 is 5.82 Å². The third-order valence-corrected chi connectivity index (χ3v) is 4.44. The Bertz CT molecular complexity index is 624. The summed E-state index contributed by atoms with van der Waals surface area (Å²) in [5.74, 6) is -0.950. The normalized spacial score (nSPS) is 20.3. The van der Waals surface area contributed by atoms with E-state index in [1.54, 1.807) is 11.0 Å². The molecule has 0 spiro atoms. The molecular formula is C16H21ClFN3O2. The van der Waals surface area contributed by atoms with E-state index in [0.717, 1.165) is 18.4 Å². The van der Waals surface area contributed by atoms with Crippen LogP contribution in [-0.4, -0.2) is 42.9 Å². The lowest BCUT2D eigenvalue weighted by Crippen LogP contribution is -2.47. The van der Waals surface area contributed by atoms with Gasteiger partial charge in [0.1, 0.15) is 5.82 Å². The average molecular weight is 342 g/mol. The van der Waals surface area contributed by atoms with Crippen LogP contribution in [0.1, 0.15) is 35.2 Å². The van der Waals surface area contributed by atoms with Crippen molar-refractivity contribution >= 4 is 29.9 Å². The van der Waals surface area contributed by atoms with Crippen LogP contribution < -0.4 is 10.6 Å². The van der Waals surface area contributed by atoms with Gasteiger partial charge < -0.3 is 15.5 Å². The highest BCUT2D eigenvalue weighted by Gasteiger charge is 2.27. The molecule has 2 N–H and O–H groups in total. The number of benzene rings is 1. The summed E-state index contributed by atoms with van der Waals surface area (Å²) < 4.78 is 14.3. The summed E-state index contributed by atoms with van der Waals surface area (Å²) in [6.45, 7) is 1.26. The van der Waals surface area contributed by atoms with Crippen LogP contribution in [0, 0.1) is 5.82 Å². The van der Waals surface area contributed by atoms with Crippen molar-refractivity contribution in [2.75, 3.05) is 25.5 Å². The van der Waals surface area contributed by atoms with Gasteiger partial charge in [-0.3, -0.25) is 9.59 Å². The number of likely N-dealkylation sites (N-methyl/N-ethyl adjacent to an activating group) is 1. The van der Waals surface area contributed by atoms with Crippen molar-refractivity contribution < 1.29 is 14.0 Å². The molecule has 0 radical (unpaired) electrons. The summed E-state index contributed by atoms with van der Waals surface area (Å²) in [4.78, 5) is 25.7. The fourth-order valence-electron chi connectivity index (χ4n) is 3.13. The Kier molecular flexibility index (Phi) is 5.59. The molecule has 0 saturated carbocycles. The molecule has 1 aromatic rings. The molecule has 0 aromatic heterocycles. The monoisotopic (exact) mass is 341 g/mol. The second kappa shape index (κ2) is 7.27. The molecule has 2 heterocycles. The summed E-state index contributed by atoms with van der Waals surface area (Å²) in [5, 5.41) is 5.82. The number of aryl methyl sites for hydroxylation is 1. The number of halogens is 2. The molecule has 7 heteroatoms. The Morgan fingerprint density at radius 2 is 2.17 bits per heavy atom. The smallest absolute Gasteiger partial charge is 0.256 e. The zero-order chi connectivity index (χ0) is 15.7. The summed E-state index contributed by atoms with van der Waals surface area (Å²) in [6, 6.07) is 3.12. The third-order valence-electron chi connectivity index (χ3n) is 4.44. The maximum Gasteiger partial charge on any atom is 0.256 e. The van der Waals surface area contributed by atoms with E-state index in [-0.39, 0.29) is 35.8 Å². The first-order valence-corrected chi connectivity index (χ1v) is 7.67. The predicted octanol–water partition coefficient (Wildman–Crippen LogP) is 1.96. The fourth-order valence-corrected chi connectivity index (χ4v) is 3.13. The Morgan fingerprint density at radius 1 is 1.39 bits per heavy atom. The van der Waals surface area contributed by atoms with Gasteiger partial charge in [-0.1, -0.05) is 0 Å². The molecule has 0 aliphatic carbocycles. The van der Waals surface area contributed by atoms with Crippen molar-refractivity contribution in [1.29, 1.82) is 0 Å². The number of amides is 2. The molecule has 5 nitrogen and oxygen atoms in total. The van der Waals surface area contributed by atoms with Crippen LogP contribution in [0.5, 0.6) is 0 Å². The van der Waals surface area contributed by atoms with Gasteiger partial charge in [0.25, 0.3) is 5.91 Å². The summed E-state index contributed by atoms with van der Waals surface area (Å²) in [6.07, 6.45) is 2.86. The molecule has 1 unspecified atom stereocenters. The molecule has 2 aliphatic rings. The van der Waals surface area contributed by atoms with Gasteiger partial charge in [0, 0.05) is 31.2 Å². The number of likely N-dealkylation sites (tertiary alicyclic amines) is 1. The molecule has 2 amide bonds. The van der Waals surface area contributed by atoms with E-state index in [9.17, 15) is 14.0 Å². The zero-order valence-corrected chi connectivity index (χ0v) is 13.8. The van der Waals surface area contributed by atoms with Crippen LogP contribution in [0.3, 0.4) is 0 Å². The van der Waals surface area contributed by atoms with Crippen LogP contribution in [-0.2, 0) is 11.2 Å². The maximum absolute atomic E-state index is 14.3. The highest BCUT2D eigenvalue weighted by molar-refractivity contribution is 5.98. The van der Waals surface area contributed by atoms with Crippen LogP contribution in [0.4, 0.5) is 10.1 Å². The van der Waals surface area contributed by atoms with Gasteiger partial charge in [0.05, 0.1) is 5.56 Å². The minimum atomic E-state index is -0.572. The lowest BCUT2D eigenvalue weighted by atomic mass is 9.98. The number of rotatable bonds is 2. The topological polar surface area (TPSA) is 61.4 Å². The molecule has 23 heavy (non-hydrogen) atoms. The first-order chi connectivity index (χ1) is 10.6. The highest BCUT2D eigenvalue weighted by atomic mass is 35.5. The van der Waals surface area contributed by atoms with Gasteiger partial charge in [0.15, 0.2) is 0 Å². The number of anilines is 1. The summed E-state index contributed by atoms with van der Waals surface area (Å²) in [5.41, 5.74) is 1.41. The number of carbonyl (C=O) groups excluding carboxylic acids is 2. The highest BCUT2D eigenvalue weighted by Crippen LogP contribution is 2.27. The Balaban J connectivity index is 0.00000192. The van der Waals surface area contributed by atoms with Crippen LogP contribution in [0.15, 0.2) is 12.1 Å². The number of hydrogen-bond donors (Lipinski definition) is 2. The Hall–Kier alpha value is -1.66. The lowest BCUT2D eigenvalue weighted by molar-refractivity contribution is -0.116. The zero-order valence-electron chi connectivity index (χ0n) is 13.0. The van der Waals surface area contributed by atoms with Crippen molar-refractivity contribution in [3.05, 3.63) is 29.1 Å². The van der Waals surface area contributed by atoms with Crippen molar-refractivity contribution in [2.24, 2.45) is 0 Å². The molecule has 1 fully saturated rings. The van der Waals surface area contributed by atoms with E-state index in [1.807, 2.05) is 7.05 Å². The molecule has 2 aliphatic heterocycles. The molecule has 0 bridgehead atoms. The molecular weight excluding hydrogens is 321 g/mol.